The van der Waals surface area contributed by atoms with Crippen LogP contribution in [0.2, 0.25) is 0 Å². The summed E-state index contributed by atoms with van der Waals surface area (Å²) < 4.78 is 33.3. The van der Waals surface area contributed by atoms with Crippen molar-refractivity contribution in [3.8, 4) is 0 Å². The Morgan fingerprint density at radius 1 is 1.03 bits per heavy atom. The van der Waals surface area contributed by atoms with Gasteiger partial charge in [0.1, 0.15) is 11.4 Å². The van der Waals surface area contributed by atoms with E-state index in [1.165, 1.54) is 0 Å². The normalized spacial score (nSPS) is 14.0. The van der Waals surface area contributed by atoms with Crippen LogP contribution in [0.15, 0.2) is 51.9 Å². The molecule has 0 atom stereocenters. The van der Waals surface area contributed by atoms with Gasteiger partial charge in [-0.05, 0) is 80.6 Å². The number of carbonyl (C=O) groups is 1. The van der Waals surface area contributed by atoms with Crippen molar-refractivity contribution in [3.05, 3.63) is 70.6 Å². The minimum absolute atomic E-state index is 0.0169. The van der Waals surface area contributed by atoms with E-state index in [2.05, 4.69) is 15.2 Å². The second-order valence-electron chi connectivity index (χ2n) is 8.08. The Labute approximate surface area is 187 Å². The zero-order valence-electron chi connectivity index (χ0n) is 18.2. The fourth-order valence-electron chi connectivity index (χ4n) is 3.17. The zero-order chi connectivity index (χ0) is 22.9. The SMILES string of the molecule is Cc1ccc(NS(=O)(=O)c2ccc(C=Cc3onc(C)c3NC(=O)C3CC3)cc2)cc1C. The van der Waals surface area contributed by atoms with Crippen LogP contribution in [-0.4, -0.2) is 19.5 Å². The van der Waals surface area contributed by atoms with E-state index in [-0.39, 0.29) is 16.7 Å². The summed E-state index contributed by atoms with van der Waals surface area (Å²) in [5.41, 5.74) is 4.59. The maximum atomic E-state index is 12.7. The van der Waals surface area contributed by atoms with E-state index < -0.39 is 10.0 Å². The average Bonchev–Trinajstić information content (AvgIpc) is 3.55. The highest BCUT2D eigenvalue weighted by atomic mass is 32.2. The van der Waals surface area contributed by atoms with Gasteiger partial charge < -0.3 is 9.84 Å². The summed E-state index contributed by atoms with van der Waals surface area (Å²) >= 11 is 0. The van der Waals surface area contributed by atoms with Crippen LogP contribution in [0.25, 0.3) is 12.2 Å². The second kappa shape index (κ2) is 8.63. The highest BCUT2D eigenvalue weighted by molar-refractivity contribution is 7.92. The van der Waals surface area contributed by atoms with Crippen molar-refractivity contribution in [2.45, 2.75) is 38.5 Å². The number of amides is 1. The van der Waals surface area contributed by atoms with E-state index in [0.29, 0.717) is 22.8 Å². The van der Waals surface area contributed by atoms with Crippen molar-refractivity contribution in [2.75, 3.05) is 10.0 Å². The van der Waals surface area contributed by atoms with Gasteiger partial charge in [0.15, 0.2) is 5.76 Å². The summed E-state index contributed by atoms with van der Waals surface area (Å²) in [6.07, 6.45) is 5.31. The third-order valence-electron chi connectivity index (χ3n) is 5.46. The maximum Gasteiger partial charge on any atom is 0.261 e. The first-order chi connectivity index (χ1) is 15.2. The molecule has 7 nitrogen and oxygen atoms in total. The molecule has 2 aromatic carbocycles. The van der Waals surface area contributed by atoms with Crippen molar-refractivity contribution in [1.82, 2.24) is 5.16 Å². The van der Waals surface area contributed by atoms with Crippen LogP contribution in [0.1, 0.15) is 41.0 Å². The molecule has 1 amide bonds. The highest BCUT2D eigenvalue weighted by Crippen LogP contribution is 2.32. The van der Waals surface area contributed by atoms with Crippen LogP contribution in [-0.2, 0) is 14.8 Å². The molecule has 0 saturated heterocycles. The van der Waals surface area contributed by atoms with Gasteiger partial charge >= 0.3 is 0 Å². The number of rotatable bonds is 7. The Kier molecular flexibility index (Phi) is 5.88. The number of carbonyl (C=O) groups excluding carboxylic acids is 1. The molecule has 1 aliphatic rings. The van der Waals surface area contributed by atoms with E-state index in [4.69, 9.17) is 4.52 Å². The lowest BCUT2D eigenvalue weighted by molar-refractivity contribution is -0.117. The number of benzene rings is 2. The topological polar surface area (TPSA) is 101 Å². The molecule has 1 saturated carbocycles. The number of nitrogens with zero attached hydrogens (tertiary/aromatic N) is 1. The Morgan fingerprint density at radius 3 is 2.41 bits per heavy atom. The van der Waals surface area contributed by atoms with Crippen LogP contribution in [0.4, 0.5) is 11.4 Å². The van der Waals surface area contributed by atoms with Gasteiger partial charge in [-0.15, -0.1) is 0 Å². The minimum atomic E-state index is -3.70. The van der Waals surface area contributed by atoms with E-state index in [1.54, 1.807) is 49.4 Å². The van der Waals surface area contributed by atoms with E-state index >= 15 is 0 Å². The summed E-state index contributed by atoms with van der Waals surface area (Å²) in [6, 6.07) is 11.9. The first kappa shape index (κ1) is 21.8. The van der Waals surface area contributed by atoms with E-state index in [9.17, 15) is 13.2 Å². The van der Waals surface area contributed by atoms with Gasteiger partial charge in [0.05, 0.1) is 4.90 Å². The number of aryl methyl sites for hydroxylation is 3. The number of hydrogen-bond acceptors (Lipinski definition) is 5. The smallest absolute Gasteiger partial charge is 0.261 e. The van der Waals surface area contributed by atoms with Gasteiger partial charge in [-0.3, -0.25) is 9.52 Å². The lowest BCUT2D eigenvalue weighted by Crippen LogP contribution is -2.14. The summed E-state index contributed by atoms with van der Waals surface area (Å²) in [4.78, 5) is 12.2. The van der Waals surface area contributed by atoms with Crippen LogP contribution >= 0.6 is 0 Å². The summed E-state index contributed by atoms with van der Waals surface area (Å²) in [6.45, 7) is 5.68. The molecule has 2 N–H and O–H groups in total. The van der Waals surface area contributed by atoms with Crippen LogP contribution in [0, 0.1) is 26.7 Å². The van der Waals surface area contributed by atoms with Gasteiger partial charge in [-0.25, -0.2) is 8.42 Å². The molecule has 1 aromatic heterocycles. The summed E-state index contributed by atoms with van der Waals surface area (Å²) in [7, 11) is -3.70. The Hall–Kier alpha value is -3.39. The van der Waals surface area contributed by atoms with Crippen molar-refractivity contribution in [1.29, 1.82) is 0 Å². The highest BCUT2D eigenvalue weighted by Gasteiger charge is 2.30. The summed E-state index contributed by atoms with van der Waals surface area (Å²) in [5.74, 6) is 0.509. The molecular weight excluding hydrogens is 426 g/mol. The fourth-order valence-corrected chi connectivity index (χ4v) is 4.22. The molecule has 0 spiro atoms. The van der Waals surface area contributed by atoms with Crippen LogP contribution in [0.5, 0.6) is 0 Å². The molecule has 32 heavy (non-hydrogen) atoms. The molecule has 8 heteroatoms. The molecule has 0 bridgehead atoms. The zero-order valence-corrected chi connectivity index (χ0v) is 19.0. The number of hydrogen-bond donors (Lipinski definition) is 2. The molecule has 0 aliphatic heterocycles. The summed E-state index contributed by atoms with van der Waals surface area (Å²) in [5, 5.41) is 6.81. The minimum Gasteiger partial charge on any atom is -0.354 e. The van der Waals surface area contributed by atoms with Crippen LogP contribution < -0.4 is 10.0 Å². The Bertz CT molecular complexity index is 1290. The van der Waals surface area contributed by atoms with Gasteiger partial charge in [0.2, 0.25) is 5.91 Å². The molecular formula is C24H25N3O4S. The fraction of sp³-hybridized carbons (Fsp3) is 0.250. The Morgan fingerprint density at radius 2 is 1.75 bits per heavy atom. The molecule has 0 radical (unpaired) electrons. The van der Waals surface area contributed by atoms with Crippen molar-refractivity contribution >= 4 is 39.5 Å². The molecule has 166 valence electrons. The van der Waals surface area contributed by atoms with Crippen molar-refractivity contribution in [2.24, 2.45) is 5.92 Å². The quantitative estimate of drug-likeness (QED) is 0.531. The first-order valence-corrected chi connectivity index (χ1v) is 11.9. The molecule has 1 aliphatic carbocycles. The number of nitrogens with one attached hydrogen (secondary N) is 2. The second-order valence-corrected chi connectivity index (χ2v) is 9.76. The van der Waals surface area contributed by atoms with Gasteiger partial charge in [0, 0.05) is 11.6 Å². The lowest BCUT2D eigenvalue weighted by Gasteiger charge is -2.10. The van der Waals surface area contributed by atoms with Crippen molar-refractivity contribution < 1.29 is 17.7 Å². The predicted octanol–water partition coefficient (Wildman–Crippen LogP) is 4.92. The molecule has 0 unspecified atom stereocenters. The third kappa shape index (κ3) is 4.91. The first-order valence-electron chi connectivity index (χ1n) is 10.4. The van der Waals surface area contributed by atoms with E-state index in [1.807, 2.05) is 26.0 Å². The molecule has 1 heterocycles. The molecule has 1 fully saturated rings. The standard InChI is InChI=1S/C24H25N3O4S/c1-15-4-10-20(14-16(15)2)27-32(29,30)21-11-5-18(6-12-21)7-13-22-23(17(3)26-31-22)25-24(28)19-8-9-19/h4-7,10-14,19,27H,8-9H2,1-3H3,(H,25,28). The Balaban J connectivity index is 1.47. The lowest BCUT2D eigenvalue weighted by atomic mass is 10.1. The monoisotopic (exact) mass is 451 g/mol. The molecule has 3 aromatic rings. The number of aromatic nitrogens is 1. The maximum absolute atomic E-state index is 12.7. The number of sulfonamides is 1. The predicted molar refractivity (Wildman–Crippen MR) is 125 cm³/mol. The van der Waals surface area contributed by atoms with Crippen LogP contribution in [0.3, 0.4) is 0 Å². The van der Waals surface area contributed by atoms with Gasteiger partial charge in [-0.1, -0.05) is 29.4 Å². The van der Waals surface area contributed by atoms with Gasteiger partial charge in [-0.2, -0.15) is 0 Å². The molecule has 4 rings (SSSR count). The average molecular weight is 452 g/mol. The number of anilines is 2. The largest absolute Gasteiger partial charge is 0.354 e. The van der Waals surface area contributed by atoms with E-state index in [0.717, 1.165) is 29.5 Å². The third-order valence-corrected chi connectivity index (χ3v) is 6.86. The van der Waals surface area contributed by atoms with Crippen molar-refractivity contribution in [3.63, 3.8) is 0 Å². The van der Waals surface area contributed by atoms with Gasteiger partial charge in [0.25, 0.3) is 10.0 Å².